The number of hydrogen-bond donors (Lipinski definition) is 0. The summed E-state index contributed by atoms with van der Waals surface area (Å²) in [6.45, 7) is 0.817. The topological polar surface area (TPSA) is 76.2 Å². The molecule has 184 valence electrons. The van der Waals surface area contributed by atoms with Gasteiger partial charge in [0.1, 0.15) is 11.4 Å². The van der Waals surface area contributed by atoms with E-state index in [9.17, 15) is 26.4 Å². The van der Waals surface area contributed by atoms with Crippen molar-refractivity contribution >= 4 is 15.7 Å². The molecule has 1 saturated carbocycles. The highest BCUT2D eigenvalue weighted by Gasteiger charge is 2.54. The summed E-state index contributed by atoms with van der Waals surface area (Å²) in [6.07, 6.45) is 0.964. The van der Waals surface area contributed by atoms with Crippen LogP contribution in [0.3, 0.4) is 0 Å². The summed E-state index contributed by atoms with van der Waals surface area (Å²) in [4.78, 5) is 16.2. The number of nitrogens with zero attached hydrogens (tertiary/aromatic N) is 2. The molecule has 7 nitrogen and oxygen atoms in total. The fourth-order valence-electron chi connectivity index (χ4n) is 5.02. The Labute approximate surface area is 191 Å². The van der Waals surface area contributed by atoms with Crippen molar-refractivity contribution in [3.05, 3.63) is 29.8 Å². The van der Waals surface area contributed by atoms with Crippen molar-refractivity contribution in [2.45, 2.75) is 55.4 Å². The Kier molecular flexibility index (Phi) is 6.67. The number of sulfone groups is 1. The first-order valence-corrected chi connectivity index (χ1v) is 12.9. The lowest BCUT2D eigenvalue weighted by Crippen LogP contribution is -2.71. The second kappa shape index (κ2) is 9.07. The first-order chi connectivity index (χ1) is 15.5. The van der Waals surface area contributed by atoms with Crippen LogP contribution in [0.2, 0.25) is 0 Å². The van der Waals surface area contributed by atoms with E-state index < -0.39 is 32.8 Å². The summed E-state index contributed by atoms with van der Waals surface area (Å²) in [7, 11) is -1.41. The Bertz CT molecular complexity index is 955. The van der Waals surface area contributed by atoms with E-state index in [4.69, 9.17) is 4.74 Å². The van der Waals surface area contributed by atoms with Crippen molar-refractivity contribution in [2.24, 2.45) is 0 Å². The fourth-order valence-corrected chi connectivity index (χ4v) is 6.99. The van der Waals surface area contributed by atoms with Crippen LogP contribution in [-0.2, 0) is 14.6 Å². The minimum absolute atomic E-state index is 0.102. The molecule has 4 rings (SSSR count). The Balaban J connectivity index is 1.31. The Morgan fingerprint density at radius 3 is 2.39 bits per heavy atom. The number of benzene rings is 1. The van der Waals surface area contributed by atoms with Gasteiger partial charge in [0.05, 0.1) is 30.7 Å². The van der Waals surface area contributed by atoms with Crippen molar-refractivity contribution in [2.75, 3.05) is 39.0 Å². The maximum Gasteiger partial charge on any atom is 0.573 e. The third-order valence-corrected chi connectivity index (χ3v) is 9.05. The molecule has 0 bridgehead atoms. The molecule has 1 amide bonds. The van der Waals surface area contributed by atoms with Gasteiger partial charge in [-0.2, -0.15) is 0 Å². The van der Waals surface area contributed by atoms with Crippen LogP contribution in [-0.4, -0.2) is 86.4 Å². The standard InChI is InChI=1S/C22H29F3N2O5S/c1-26(17-5-3-2-4-6-17)11-19-12-31-21(15-33(19,29)30)13-27(14-21)20(28)16-7-9-18(10-8-16)32-22(23,24)25/h7-10,17,19H,2-6,11-15H2,1H3/t19-/m0/s1. The highest BCUT2D eigenvalue weighted by Crippen LogP contribution is 2.34. The van der Waals surface area contributed by atoms with Crippen molar-refractivity contribution in [1.29, 1.82) is 0 Å². The second-order valence-electron chi connectivity index (χ2n) is 9.39. The summed E-state index contributed by atoms with van der Waals surface area (Å²) in [5, 5.41) is -0.582. The smallest absolute Gasteiger partial charge is 0.406 e. The highest BCUT2D eigenvalue weighted by molar-refractivity contribution is 7.92. The van der Waals surface area contributed by atoms with Crippen LogP contribution >= 0.6 is 0 Å². The lowest BCUT2D eigenvalue weighted by atomic mass is 9.94. The molecular formula is C22H29F3N2O5S. The minimum atomic E-state index is -4.80. The third kappa shape index (κ3) is 5.63. The maximum absolute atomic E-state index is 13.0. The molecular weight excluding hydrogens is 461 g/mol. The molecule has 0 radical (unpaired) electrons. The van der Waals surface area contributed by atoms with Crippen LogP contribution < -0.4 is 4.74 Å². The summed E-state index contributed by atoms with van der Waals surface area (Å²) >= 11 is 0. The molecule has 2 saturated heterocycles. The molecule has 3 fully saturated rings. The number of carbonyl (C=O) groups excluding carboxylic acids is 1. The average molecular weight is 491 g/mol. The molecule has 0 N–H and O–H groups in total. The number of alkyl halides is 3. The third-order valence-electron chi connectivity index (χ3n) is 6.82. The van der Waals surface area contributed by atoms with Gasteiger partial charge in [-0.1, -0.05) is 19.3 Å². The van der Waals surface area contributed by atoms with Gasteiger partial charge in [-0.25, -0.2) is 8.42 Å². The lowest BCUT2D eigenvalue weighted by molar-refractivity contribution is -0.274. The van der Waals surface area contributed by atoms with Crippen molar-refractivity contribution in [1.82, 2.24) is 9.80 Å². The van der Waals surface area contributed by atoms with E-state index >= 15 is 0 Å². The number of amides is 1. The Morgan fingerprint density at radius 1 is 1.18 bits per heavy atom. The van der Waals surface area contributed by atoms with Crippen LogP contribution in [0.1, 0.15) is 42.5 Å². The summed E-state index contributed by atoms with van der Waals surface area (Å²) in [6, 6.07) is 5.07. The van der Waals surface area contributed by atoms with Gasteiger partial charge >= 0.3 is 6.36 Å². The van der Waals surface area contributed by atoms with E-state index in [1.807, 2.05) is 7.05 Å². The zero-order chi connectivity index (χ0) is 23.9. The minimum Gasteiger partial charge on any atom is -0.406 e. The zero-order valence-corrected chi connectivity index (χ0v) is 19.3. The zero-order valence-electron chi connectivity index (χ0n) is 18.5. The van der Waals surface area contributed by atoms with E-state index in [1.165, 1.54) is 36.3 Å². The van der Waals surface area contributed by atoms with E-state index in [1.54, 1.807) is 0 Å². The molecule has 11 heteroatoms. The number of ether oxygens (including phenoxy) is 2. The van der Waals surface area contributed by atoms with Crippen LogP contribution in [0.25, 0.3) is 0 Å². The van der Waals surface area contributed by atoms with Crippen molar-refractivity contribution in [3.8, 4) is 5.75 Å². The summed E-state index contributed by atoms with van der Waals surface area (Å²) in [5.74, 6) is -0.935. The van der Waals surface area contributed by atoms with E-state index in [0.29, 0.717) is 12.6 Å². The molecule has 33 heavy (non-hydrogen) atoms. The molecule has 0 unspecified atom stereocenters. The normalized spacial score (nSPS) is 25.1. The first-order valence-electron chi connectivity index (χ1n) is 11.2. The van der Waals surface area contributed by atoms with E-state index in [-0.39, 0.29) is 36.9 Å². The van der Waals surface area contributed by atoms with Gasteiger partial charge in [0.2, 0.25) is 0 Å². The quantitative estimate of drug-likeness (QED) is 0.632. The Morgan fingerprint density at radius 2 is 1.82 bits per heavy atom. The van der Waals surface area contributed by atoms with E-state index in [0.717, 1.165) is 25.0 Å². The molecule has 3 aliphatic rings. The molecule has 2 aliphatic heterocycles. The monoisotopic (exact) mass is 490 g/mol. The molecule has 1 aromatic carbocycles. The number of carbonyl (C=O) groups is 1. The highest BCUT2D eigenvalue weighted by atomic mass is 32.2. The van der Waals surface area contributed by atoms with Gasteiger partial charge in [-0.15, -0.1) is 13.2 Å². The predicted molar refractivity (Wildman–Crippen MR) is 115 cm³/mol. The van der Waals surface area contributed by atoms with Crippen LogP contribution in [0, 0.1) is 0 Å². The van der Waals surface area contributed by atoms with Gasteiger partial charge in [-0.05, 0) is 44.2 Å². The van der Waals surface area contributed by atoms with Gasteiger partial charge in [0.25, 0.3) is 5.91 Å². The average Bonchev–Trinajstić information content (AvgIpc) is 2.73. The molecule has 1 atom stereocenters. The molecule has 1 spiro atoms. The van der Waals surface area contributed by atoms with Gasteiger partial charge in [-0.3, -0.25) is 4.79 Å². The number of rotatable bonds is 5. The SMILES string of the molecule is CN(C[C@H]1COC2(CN(C(=O)c3ccc(OC(F)(F)F)cc3)C2)CS1(=O)=O)C1CCCCC1. The number of likely N-dealkylation sites (tertiary alicyclic amines) is 1. The predicted octanol–water partition coefficient (Wildman–Crippen LogP) is 2.86. The number of halogens is 3. The summed E-state index contributed by atoms with van der Waals surface area (Å²) < 4.78 is 72.6. The lowest BCUT2D eigenvalue weighted by Gasteiger charge is -2.52. The second-order valence-corrected chi connectivity index (χ2v) is 11.7. The number of hydrogen-bond acceptors (Lipinski definition) is 6. The fraction of sp³-hybridized carbons (Fsp3) is 0.682. The van der Waals surface area contributed by atoms with Gasteiger partial charge < -0.3 is 19.3 Å². The van der Waals surface area contributed by atoms with Crippen LogP contribution in [0.15, 0.2) is 24.3 Å². The van der Waals surface area contributed by atoms with Crippen LogP contribution in [0.4, 0.5) is 13.2 Å². The van der Waals surface area contributed by atoms with Crippen molar-refractivity contribution < 1.29 is 35.9 Å². The first kappa shape index (κ1) is 24.3. The van der Waals surface area contributed by atoms with Crippen molar-refractivity contribution in [3.63, 3.8) is 0 Å². The van der Waals surface area contributed by atoms with Gasteiger partial charge in [0, 0.05) is 18.2 Å². The van der Waals surface area contributed by atoms with E-state index in [2.05, 4.69) is 9.64 Å². The largest absolute Gasteiger partial charge is 0.573 e. The molecule has 1 aliphatic carbocycles. The molecule has 1 aromatic rings. The van der Waals surface area contributed by atoms with Gasteiger partial charge in [0.15, 0.2) is 9.84 Å². The van der Waals surface area contributed by atoms with Crippen LogP contribution in [0.5, 0.6) is 5.75 Å². The maximum atomic E-state index is 13.0. The summed E-state index contributed by atoms with van der Waals surface area (Å²) in [5.41, 5.74) is -0.710. The molecule has 2 heterocycles. The Hall–Kier alpha value is -1.85. The molecule has 0 aromatic heterocycles.